The van der Waals surface area contributed by atoms with Crippen molar-refractivity contribution in [3.05, 3.63) is 152 Å². The van der Waals surface area contributed by atoms with Crippen molar-refractivity contribution in [2.45, 2.75) is 0 Å². The molecular formula is C42H25NOS. The molecule has 0 aliphatic rings. The van der Waals surface area contributed by atoms with E-state index in [9.17, 15) is 0 Å². The summed E-state index contributed by atoms with van der Waals surface area (Å²) in [6.07, 6.45) is 0. The van der Waals surface area contributed by atoms with Crippen LogP contribution in [0, 0.1) is 0 Å². The normalized spacial score (nSPS) is 12.0. The SMILES string of the molecule is c1ccc(-c2ccc3c(c2)c2ccccc2n3-c2cccc3c2oc2cccc(-c4cccc5sc6ccccc6c45)c23)cc1. The number of benzene rings is 7. The molecule has 0 unspecified atom stereocenters. The first-order valence-electron chi connectivity index (χ1n) is 15.3. The molecule has 0 saturated heterocycles. The summed E-state index contributed by atoms with van der Waals surface area (Å²) in [5.41, 5.74) is 10.1. The van der Waals surface area contributed by atoms with Gasteiger partial charge in [-0.15, -0.1) is 11.3 Å². The van der Waals surface area contributed by atoms with E-state index >= 15 is 0 Å². The predicted molar refractivity (Wildman–Crippen MR) is 192 cm³/mol. The van der Waals surface area contributed by atoms with Crippen LogP contribution < -0.4 is 0 Å². The standard InChI is InChI=1S/C42H25NOS/c1-2-11-26(12-3-1)27-23-24-35-33(25-27)28-13-4-6-18-34(28)43(35)36-19-8-17-32-40-29(15-9-20-37(40)44-42(32)36)30-16-10-22-39-41(30)31-14-5-7-21-38(31)45-39/h1-25H. The molecule has 0 spiro atoms. The van der Waals surface area contributed by atoms with E-state index < -0.39 is 0 Å². The van der Waals surface area contributed by atoms with Gasteiger partial charge < -0.3 is 8.98 Å². The molecule has 2 nitrogen and oxygen atoms in total. The maximum Gasteiger partial charge on any atom is 0.159 e. The van der Waals surface area contributed by atoms with Gasteiger partial charge in [-0.3, -0.25) is 0 Å². The molecule has 0 atom stereocenters. The van der Waals surface area contributed by atoms with Gasteiger partial charge in [-0.05, 0) is 64.7 Å². The Balaban J connectivity index is 1.26. The molecule has 210 valence electrons. The minimum Gasteiger partial charge on any atom is -0.454 e. The van der Waals surface area contributed by atoms with Crippen molar-refractivity contribution in [1.29, 1.82) is 0 Å². The van der Waals surface area contributed by atoms with Gasteiger partial charge in [-0.1, -0.05) is 109 Å². The first-order chi connectivity index (χ1) is 22.3. The quantitative estimate of drug-likeness (QED) is 0.200. The van der Waals surface area contributed by atoms with Crippen LogP contribution >= 0.6 is 11.3 Å². The summed E-state index contributed by atoms with van der Waals surface area (Å²) >= 11 is 1.86. The number of hydrogen-bond donors (Lipinski definition) is 0. The highest BCUT2D eigenvalue weighted by molar-refractivity contribution is 7.25. The molecule has 0 amide bonds. The van der Waals surface area contributed by atoms with E-state index in [0.29, 0.717) is 0 Å². The monoisotopic (exact) mass is 591 g/mol. The molecule has 0 bridgehead atoms. The van der Waals surface area contributed by atoms with E-state index in [0.717, 1.165) is 27.6 Å². The fraction of sp³-hybridized carbons (Fsp3) is 0. The summed E-state index contributed by atoms with van der Waals surface area (Å²) in [5.74, 6) is 0. The lowest BCUT2D eigenvalue weighted by Crippen LogP contribution is -1.94. The summed E-state index contributed by atoms with van der Waals surface area (Å²) in [5, 5.41) is 7.36. The third kappa shape index (κ3) is 3.56. The number of nitrogens with zero attached hydrogens (tertiary/aromatic N) is 1. The van der Waals surface area contributed by atoms with E-state index in [2.05, 4.69) is 156 Å². The Morgan fingerprint density at radius 1 is 0.444 bits per heavy atom. The van der Waals surface area contributed by atoms with Crippen molar-refractivity contribution in [3.63, 3.8) is 0 Å². The van der Waals surface area contributed by atoms with Crippen molar-refractivity contribution < 1.29 is 4.42 Å². The van der Waals surface area contributed by atoms with E-state index in [-0.39, 0.29) is 0 Å². The zero-order valence-corrected chi connectivity index (χ0v) is 25.0. The summed E-state index contributed by atoms with van der Waals surface area (Å²) in [4.78, 5) is 0. The van der Waals surface area contributed by atoms with Gasteiger partial charge >= 0.3 is 0 Å². The summed E-state index contributed by atoms with van der Waals surface area (Å²) in [6, 6.07) is 54.6. The molecule has 3 aromatic heterocycles. The first-order valence-corrected chi connectivity index (χ1v) is 16.1. The lowest BCUT2D eigenvalue weighted by molar-refractivity contribution is 0.666. The van der Waals surface area contributed by atoms with Crippen LogP contribution in [-0.2, 0) is 0 Å². The Labute approximate surface area is 263 Å². The molecule has 45 heavy (non-hydrogen) atoms. The predicted octanol–water partition coefficient (Wildman–Crippen LogP) is 12.4. The van der Waals surface area contributed by atoms with Crippen molar-refractivity contribution in [3.8, 4) is 27.9 Å². The van der Waals surface area contributed by atoms with E-state index in [4.69, 9.17) is 4.42 Å². The second-order valence-electron chi connectivity index (χ2n) is 11.7. The maximum absolute atomic E-state index is 6.82. The molecule has 3 heterocycles. The Morgan fingerprint density at radius 3 is 2.04 bits per heavy atom. The molecule has 10 aromatic rings. The number of furan rings is 1. The second-order valence-corrected chi connectivity index (χ2v) is 12.7. The zero-order chi connectivity index (χ0) is 29.5. The average Bonchev–Trinajstić information content (AvgIpc) is 3.78. The minimum atomic E-state index is 0.900. The van der Waals surface area contributed by atoms with Gasteiger partial charge in [0.1, 0.15) is 5.58 Å². The molecule has 0 N–H and O–H groups in total. The zero-order valence-electron chi connectivity index (χ0n) is 24.2. The van der Waals surface area contributed by atoms with Crippen LogP contribution in [0.15, 0.2) is 156 Å². The fourth-order valence-corrected chi connectivity index (χ4v) is 8.41. The van der Waals surface area contributed by atoms with Gasteiger partial charge in [0.2, 0.25) is 0 Å². The third-order valence-electron chi connectivity index (χ3n) is 9.22. The van der Waals surface area contributed by atoms with Crippen molar-refractivity contribution in [2.24, 2.45) is 0 Å². The van der Waals surface area contributed by atoms with Crippen LogP contribution in [0.5, 0.6) is 0 Å². The highest BCUT2D eigenvalue weighted by atomic mass is 32.1. The molecule has 0 aliphatic carbocycles. The number of para-hydroxylation sites is 2. The van der Waals surface area contributed by atoms with E-state index in [1.54, 1.807) is 0 Å². The van der Waals surface area contributed by atoms with Gasteiger partial charge in [0.15, 0.2) is 5.58 Å². The Hall–Kier alpha value is -5.64. The van der Waals surface area contributed by atoms with Crippen LogP contribution in [-0.4, -0.2) is 4.57 Å². The molecule has 7 aromatic carbocycles. The lowest BCUT2D eigenvalue weighted by atomic mass is 9.95. The first kappa shape index (κ1) is 24.8. The summed E-state index contributed by atoms with van der Waals surface area (Å²) < 4.78 is 11.8. The number of fused-ring (bicyclic) bond motifs is 9. The minimum absolute atomic E-state index is 0.900. The average molecular weight is 592 g/mol. The van der Waals surface area contributed by atoms with Gasteiger partial charge in [0.05, 0.1) is 16.7 Å². The molecule has 0 aliphatic heterocycles. The maximum atomic E-state index is 6.82. The van der Waals surface area contributed by atoms with Crippen LogP contribution in [0.2, 0.25) is 0 Å². The Kier molecular flexibility index (Phi) is 5.19. The molecular weight excluding hydrogens is 567 g/mol. The van der Waals surface area contributed by atoms with Gasteiger partial charge in [-0.25, -0.2) is 0 Å². The van der Waals surface area contributed by atoms with Gasteiger partial charge in [0.25, 0.3) is 0 Å². The molecule has 0 fully saturated rings. The lowest BCUT2D eigenvalue weighted by Gasteiger charge is -2.09. The number of hydrogen-bond acceptors (Lipinski definition) is 2. The molecule has 10 rings (SSSR count). The fourth-order valence-electron chi connectivity index (χ4n) is 7.28. The summed E-state index contributed by atoms with van der Waals surface area (Å²) in [6.45, 7) is 0. The van der Waals surface area contributed by atoms with Crippen LogP contribution in [0.25, 0.3) is 91.9 Å². The molecule has 3 heteroatoms. The van der Waals surface area contributed by atoms with Crippen LogP contribution in [0.1, 0.15) is 0 Å². The number of rotatable bonds is 3. The number of thiophene rings is 1. The van der Waals surface area contributed by atoms with Crippen molar-refractivity contribution in [1.82, 2.24) is 4.57 Å². The highest BCUT2D eigenvalue weighted by Gasteiger charge is 2.21. The van der Waals surface area contributed by atoms with Gasteiger partial charge in [0, 0.05) is 41.7 Å². The Morgan fingerprint density at radius 2 is 1.13 bits per heavy atom. The van der Waals surface area contributed by atoms with E-state index in [1.165, 1.54) is 64.2 Å². The van der Waals surface area contributed by atoms with Crippen molar-refractivity contribution >= 4 is 75.3 Å². The number of aromatic nitrogens is 1. The topological polar surface area (TPSA) is 18.1 Å². The smallest absolute Gasteiger partial charge is 0.159 e. The highest BCUT2D eigenvalue weighted by Crippen LogP contribution is 2.45. The van der Waals surface area contributed by atoms with Crippen LogP contribution in [0.3, 0.4) is 0 Å². The third-order valence-corrected chi connectivity index (χ3v) is 10.4. The second kappa shape index (κ2) is 9.43. The summed E-state index contributed by atoms with van der Waals surface area (Å²) in [7, 11) is 0. The molecule has 0 saturated carbocycles. The van der Waals surface area contributed by atoms with Crippen LogP contribution in [0.4, 0.5) is 0 Å². The van der Waals surface area contributed by atoms with E-state index in [1.807, 2.05) is 11.3 Å². The largest absolute Gasteiger partial charge is 0.454 e. The Bertz CT molecular complexity index is 2760. The van der Waals surface area contributed by atoms with Gasteiger partial charge in [-0.2, -0.15) is 0 Å². The molecule has 0 radical (unpaired) electrons. The van der Waals surface area contributed by atoms with Crippen molar-refractivity contribution in [2.75, 3.05) is 0 Å².